The summed E-state index contributed by atoms with van der Waals surface area (Å²) >= 11 is 1.85. The second-order valence-corrected chi connectivity index (χ2v) is 19.7. The Morgan fingerprint density at radius 3 is 1.82 bits per heavy atom. The molecule has 3 heterocycles. The summed E-state index contributed by atoms with van der Waals surface area (Å²) in [5.74, 6) is 0. The summed E-state index contributed by atoms with van der Waals surface area (Å²) in [6.07, 6.45) is 0. The Morgan fingerprint density at radius 1 is 0.366 bits per heavy atom. The normalized spacial score (nSPS) is 12.9. The van der Waals surface area contributed by atoms with Crippen molar-refractivity contribution in [1.82, 2.24) is 0 Å². The molecular formula is C67H41NO2S. The molecule has 0 atom stereocenters. The van der Waals surface area contributed by atoms with Gasteiger partial charge in [0.15, 0.2) is 0 Å². The first-order valence-electron chi connectivity index (χ1n) is 24.2. The van der Waals surface area contributed by atoms with Crippen LogP contribution in [0.5, 0.6) is 0 Å². The van der Waals surface area contributed by atoms with Crippen LogP contribution in [0, 0.1) is 0 Å². The maximum atomic E-state index is 7.26. The summed E-state index contributed by atoms with van der Waals surface area (Å²) in [6, 6.07) is 90.3. The molecule has 0 amide bonds. The average molecular weight is 924 g/mol. The fourth-order valence-electron chi connectivity index (χ4n) is 12.0. The predicted molar refractivity (Wildman–Crippen MR) is 297 cm³/mol. The van der Waals surface area contributed by atoms with Gasteiger partial charge in [-0.3, -0.25) is 0 Å². The molecule has 71 heavy (non-hydrogen) atoms. The van der Waals surface area contributed by atoms with E-state index in [0.717, 1.165) is 83.2 Å². The van der Waals surface area contributed by atoms with E-state index in [2.05, 4.69) is 254 Å². The molecule has 0 unspecified atom stereocenters. The van der Waals surface area contributed by atoms with E-state index in [0.29, 0.717) is 0 Å². The van der Waals surface area contributed by atoms with Crippen molar-refractivity contribution in [3.8, 4) is 33.4 Å². The molecule has 0 saturated carbocycles. The van der Waals surface area contributed by atoms with Crippen molar-refractivity contribution in [3.63, 3.8) is 0 Å². The van der Waals surface area contributed by atoms with Gasteiger partial charge in [0, 0.05) is 53.8 Å². The zero-order chi connectivity index (χ0) is 46.6. The van der Waals surface area contributed by atoms with E-state index >= 15 is 0 Å². The van der Waals surface area contributed by atoms with Crippen LogP contribution in [0.2, 0.25) is 0 Å². The number of hydrogen-bond acceptors (Lipinski definition) is 4. The van der Waals surface area contributed by atoms with E-state index in [1.54, 1.807) is 0 Å². The lowest BCUT2D eigenvalue weighted by atomic mass is 9.67. The summed E-state index contributed by atoms with van der Waals surface area (Å²) in [4.78, 5) is 2.45. The van der Waals surface area contributed by atoms with Crippen LogP contribution >= 0.6 is 11.3 Å². The number of fused-ring (bicyclic) bond motifs is 12. The molecule has 3 aromatic heterocycles. The number of benzene rings is 11. The minimum Gasteiger partial charge on any atom is -0.456 e. The van der Waals surface area contributed by atoms with Gasteiger partial charge in [-0.2, -0.15) is 0 Å². The summed E-state index contributed by atoms with van der Waals surface area (Å²) in [5, 5.41) is 6.64. The van der Waals surface area contributed by atoms with Crippen molar-refractivity contribution in [2.75, 3.05) is 4.90 Å². The van der Waals surface area contributed by atoms with Gasteiger partial charge < -0.3 is 13.7 Å². The van der Waals surface area contributed by atoms with Gasteiger partial charge in [-0.15, -0.1) is 11.3 Å². The van der Waals surface area contributed by atoms with Gasteiger partial charge in [0.05, 0.1) is 21.5 Å². The molecule has 15 rings (SSSR count). The highest BCUT2D eigenvalue weighted by molar-refractivity contribution is 7.26. The third-order valence-electron chi connectivity index (χ3n) is 14.9. The zero-order valence-corrected chi connectivity index (χ0v) is 39.2. The van der Waals surface area contributed by atoms with E-state index in [1.165, 1.54) is 53.6 Å². The quantitative estimate of drug-likeness (QED) is 0.160. The monoisotopic (exact) mass is 923 g/mol. The minimum absolute atomic E-state index is 0.560. The predicted octanol–water partition coefficient (Wildman–Crippen LogP) is 19.0. The van der Waals surface area contributed by atoms with Gasteiger partial charge in [-0.1, -0.05) is 194 Å². The summed E-state index contributed by atoms with van der Waals surface area (Å²) in [5.41, 5.74) is 17.9. The summed E-state index contributed by atoms with van der Waals surface area (Å²) < 4.78 is 16.6. The molecule has 1 aliphatic rings. The summed E-state index contributed by atoms with van der Waals surface area (Å²) in [6.45, 7) is 0. The number of furan rings is 2. The smallest absolute Gasteiger partial charge is 0.144 e. The molecular weight excluding hydrogens is 883 g/mol. The number of hydrogen-bond donors (Lipinski definition) is 0. The largest absolute Gasteiger partial charge is 0.456 e. The number of rotatable bonds is 7. The molecule has 3 nitrogen and oxygen atoms in total. The molecule has 4 heteroatoms. The third-order valence-corrected chi connectivity index (χ3v) is 16.2. The molecule has 14 aromatic rings. The lowest BCUT2D eigenvalue weighted by molar-refractivity contribution is 0.664. The maximum absolute atomic E-state index is 7.26. The maximum Gasteiger partial charge on any atom is 0.144 e. The van der Waals surface area contributed by atoms with Gasteiger partial charge in [0.1, 0.15) is 22.3 Å². The third kappa shape index (κ3) is 5.83. The topological polar surface area (TPSA) is 29.5 Å². The minimum atomic E-state index is -0.560. The first-order chi connectivity index (χ1) is 35.2. The molecule has 0 saturated heterocycles. The van der Waals surface area contributed by atoms with Crippen LogP contribution in [-0.2, 0) is 5.41 Å². The highest BCUT2D eigenvalue weighted by Crippen LogP contribution is 2.58. The Morgan fingerprint density at radius 2 is 1.00 bits per heavy atom. The second-order valence-electron chi connectivity index (χ2n) is 18.6. The zero-order valence-electron chi connectivity index (χ0n) is 38.3. The Balaban J connectivity index is 1.01. The highest BCUT2D eigenvalue weighted by Gasteiger charge is 2.46. The van der Waals surface area contributed by atoms with Gasteiger partial charge >= 0.3 is 0 Å². The molecule has 332 valence electrons. The van der Waals surface area contributed by atoms with Gasteiger partial charge in [0.2, 0.25) is 0 Å². The van der Waals surface area contributed by atoms with E-state index < -0.39 is 5.41 Å². The molecule has 0 radical (unpaired) electrons. The Hall–Kier alpha value is -8.96. The second kappa shape index (κ2) is 15.5. The molecule has 0 spiro atoms. The van der Waals surface area contributed by atoms with Crippen molar-refractivity contribution in [1.29, 1.82) is 0 Å². The number of thiophene rings is 1. The standard InChI is InChI=1S/C67H41NO2S/c1-4-19-42(20-5-1)47-25-11-15-31-57(47)68(58-32-18-29-51-50-27-13-17-34-62(50)71-66(51)58)46-36-38-60-53(40-46)54-41-61-64(52-28-12-16-33-59(52)69-61)63(65(54)70-60)43-35-37-49-48-26-10-14-30-55(48)67(56(49)39-43,44-21-6-2-7-22-44)45-23-8-3-9-24-45/h1-41H. The van der Waals surface area contributed by atoms with Crippen molar-refractivity contribution in [2.24, 2.45) is 0 Å². The highest BCUT2D eigenvalue weighted by atomic mass is 32.1. The molecule has 0 aliphatic heterocycles. The Kier molecular flexibility index (Phi) is 8.74. The van der Waals surface area contributed by atoms with Crippen LogP contribution in [0.15, 0.2) is 258 Å². The number of para-hydroxylation sites is 2. The molecule has 1 aliphatic carbocycles. The first-order valence-corrected chi connectivity index (χ1v) is 25.1. The molecule has 0 fully saturated rings. The van der Waals surface area contributed by atoms with Crippen LogP contribution in [0.3, 0.4) is 0 Å². The lowest BCUT2D eigenvalue weighted by Crippen LogP contribution is -2.28. The SMILES string of the molecule is c1ccc(-c2ccccc2N(c2ccc3oc4c(-c5ccc6c(c5)C(c5ccccc5)(c5ccccc5)c5ccccc5-6)c5c(cc4c3c2)oc2ccccc25)c2cccc3c2sc2ccccc23)cc1. The van der Waals surface area contributed by atoms with Crippen molar-refractivity contribution < 1.29 is 8.83 Å². The Bertz CT molecular complexity index is 4370. The van der Waals surface area contributed by atoms with Crippen LogP contribution in [-0.4, -0.2) is 0 Å². The average Bonchev–Trinajstić information content (AvgIpc) is 4.20. The lowest BCUT2D eigenvalue weighted by Gasteiger charge is -2.34. The fraction of sp³-hybridized carbons (Fsp3) is 0.0149. The van der Waals surface area contributed by atoms with Gasteiger partial charge in [0.25, 0.3) is 0 Å². The van der Waals surface area contributed by atoms with E-state index in [4.69, 9.17) is 8.83 Å². The fourth-order valence-corrected chi connectivity index (χ4v) is 13.2. The van der Waals surface area contributed by atoms with Crippen LogP contribution in [0.25, 0.3) is 97.4 Å². The van der Waals surface area contributed by atoms with E-state index in [-0.39, 0.29) is 0 Å². The van der Waals surface area contributed by atoms with E-state index in [1.807, 2.05) is 11.3 Å². The van der Waals surface area contributed by atoms with Crippen molar-refractivity contribution in [2.45, 2.75) is 5.41 Å². The van der Waals surface area contributed by atoms with E-state index in [9.17, 15) is 0 Å². The van der Waals surface area contributed by atoms with Crippen molar-refractivity contribution in [3.05, 3.63) is 271 Å². The van der Waals surface area contributed by atoms with Gasteiger partial charge in [-0.05, 0) is 99.1 Å². The van der Waals surface area contributed by atoms with Gasteiger partial charge in [-0.25, -0.2) is 0 Å². The Labute approximate surface area is 413 Å². The molecule has 11 aromatic carbocycles. The van der Waals surface area contributed by atoms with Crippen LogP contribution in [0.4, 0.5) is 17.1 Å². The number of nitrogens with zero attached hydrogens (tertiary/aromatic N) is 1. The van der Waals surface area contributed by atoms with Crippen LogP contribution in [0.1, 0.15) is 22.3 Å². The summed E-state index contributed by atoms with van der Waals surface area (Å²) in [7, 11) is 0. The van der Waals surface area contributed by atoms with Crippen LogP contribution < -0.4 is 4.90 Å². The number of anilines is 3. The molecule has 0 N–H and O–H groups in total. The first kappa shape index (κ1) is 40.0. The van der Waals surface area contributed by atoms with Crippen molar-refractivity contribution >= 4 is 92.4 Å². The molecule has 0 bridgehead atoms.